The molecule has 2 aromatic heterocycles. The number of alkyl halides is 3. The number of anilines is 2. The van der Waals surface area contributed by atoms with Crippen molar-refractivity contribution in [1.29, 1.82) is 0 Å². The lowest BCUT2D eigenvalue weighted by molar-refractivity contribution is -0.147. The number of thiazole rings is 1. The molecule has 1 aromatic carbocycles. The molecule has 1 saturated heterocycles. The third-order valence-corrected chi connectivity index (χ3v) is 6.62. The fraction of sp³-hybridized carbons (Fsp3) is 0.318. The van der Waals surface area contributed by atoms with Crippen molar-refractivity contribution in [3.63, 3.8) is 0 Å². The molecule has 35 heavy (non-hydrogen) atoms. The van der Waals surface area contributed by atoms with Gasteiger partial charge in [0.25, 0.3) is 5.91 Å². The Labute approximate surface area is 201 Å². The number of nitrogens with zero attached hydrogens (tertiary/aromatic N) is 4. The van der Waals surface area contributed by atoms with Gasteiger partial charge in [-0.25, -0.2) is 19.7 Å². The first-order chi connectivity index (χ1) is 16.4. The third-order valence-electron chi connectivity index (χ3n) is 5.58. The number of nitrogens with one attached hydrogen (secondary N) is 1. The molecule has 4 rings (SSSR count). The number of amides is 1. The lowest BCUT2D eigenvalue weighted by atomic mass is 9.98. The zero-order valence-corrected chi connectivity index (χ0v) is 19.3. The monoisotopic (exact) mass is 507 g/mol. The number of aliphatic hydroxyl groups excluding tert-OH is 1. The summed E-state index contributed by atoms with van der Waals surface area (Å²) in [5.74, 6) is -2.05. The summed E-state index contributed by atoms with van der Waals surface area (Å²) in [6.07, 6.45) is -3.18. The van der Waals surface area contributed by atoms with E-state index in [0.29, 0.717) is 16.1 Å². The Morgan fingerprint density at radius 1 is 1.26 bits per heavy atom. The minimum Gasteiger partial charge on any atom is -0.480 e. The van der Waals surface area contributed by atoms with E-state index in [4.69, 9.17) is 0 Å². The number of rotatable bonds is 5. The zero-order chi connectivity index (χ0) is 25.5. The highest BCUT2D eigenvalue weighted by Crippen LogP contribution is 2.35. The molecule has 0 aliphatic carbocycles. The van der Waals surface area contributed by atoms with E-state index in [2.05, 4.69) is 20.3 Å². The molecular formula is C22H20F3N5O4S. The molecular weight excluding hydrogens is 487 g/mol. The maximum atomic E-state index is 13.0. The number of halogens is 3. The van der Waals surface area contributed by atoms with Crippen LogP contribution in [0, 0.1) is 6.92 Å². The Morgan fingerprint density at radius 2 is 2.00 bits per heavy atom. The second kappa shape index (κ2) is 8.89. The van der Waals surface area contributed by atoms with Gasteiger partial charge in [0.05, 0.1) is 11.0 Å². The van der Waals surface area contributed by atoms with Gasteiger partial charge < -0.3 is 20.4 Å². The number of aryl methyl sites for hydroxylation is 1. The van der Waals surface area contributed by atoms with Gasteiger partial charge in [0, 0.05) is 31.0 Å². The van der Waals surface area contributed by atoms with Crippen molar-refractivity contribution in [1.82, 2.24) is 19.9 Å². The van der Waals surface area contributed by atoms with E-state index >= 15 is 0 Å². The number of carbonyl (C=O) groups is 2. The summed E-state index contributed by atoms with van der Waals surface area (Å²) in [7, 11) is 0. The van der Waals surface area contributed by atoms with Crippen LogP contribution in [-0.4, -0.2) is 60.1 Å². The van der Waals surface area contributed by atoms with Crippen LogP contribution in [0.15, 0.2) is 36.7 Å². The van der Waals surface area contributed by atoms with Crippen molar-refractivity contribution < 1.29 is 33.0 Å². The molecule has 3 N–H and O–H groups in total. The number of carboxylic acid groups (broad SMARTS) is 1. The fourth-order valence-corrected chi connectivity index (χ4v) is 4.73. The highest BCUT2D eigenvalue weighted by atomic mass is 32.1. The number of aromatic nitrogens is 3. The van der Waals surface area contributed by atoms with E-state index in [1.165, 1.54) is 13.1 Å². The summed E-state index contributed by atoms with van der Waals surface area (Å²) in [5, 5.41) is 22.4. The predicted molar refractivity (Wildman–Crippen MR) is 120 cm³/mol. The smallest absolute Gasteiger partial charge is 0.433 e. The second-order valence-electron chi connectivity index (χ2n) is 8.36. The van der Waals surface area contributed by atoms with Crippen LogP contribution in [0.3, 0.4) is 0 Å². The number of carboxylic acids is 1. The van der Waals surface area contributed by atoms with Gasteiger partial charge in [0.1, 0.15) is 11.2 Å². The number of hydrogen-bond donors (Lipinski definition) is 3. The number of hydrogen-bond acceptors (Lipinski definition) is 8. The average Bonchev–Trinajstić information content (AvgIpc) is 3.38. The van der Waals surface area contributed by atoms with Gasteiger partial charge in [-0.15, -0.1) is 11.3 Å². The summed E-state index contributed by atoms with van der Waals surface area (Å²) in [6.45, 7) is 3.05. The van der Waals surface area contributed by atoms with E-state index in [0.717, 1.165) is 34.1 Å². The van der Waals surface area contributed by atoms with Crippen molar-refractivity contribution >= 4 is 34.8 Å². The Balaban J connectivity index is 1.59. The van der Waals surface area contributed by atoms with Crippen molar-refractivity contribution in [2.45, 2.75) is 38.1 Å². The molecule has 1 aliphatic rings. The Hall–Kier alpha value is -3.58. The van der Waals surface area contributed by atoms with Crippen LogP contribution in [0.2, 0.25) is 0 Å². The average molecular weight is 507 g/mol. The molecule has 0 radical (unpaired) electrons. The normalized spacial score (nSPS) is 20.2. The molecule has 3 aromatic rings. The largest absolute Gasteiger partial charge is 0.480 e. The molecule has 0 spiro atoms. The van der Waals surface area contributed by atoms with E-state index in [-0.39, 0.29) is 23.9 Å². The molecule has 9 nitrogen and oxygen atoms in total. The number of β-amino-alcohol motifs (C(OH)–C–C–N with tert-alkyl or cyclic N) is 1. The van der Waals surface area contributed by atoms with Gasteiger partial charge in [-0.3, -0.25) is 4.79 Å². The number of benzene rings is 1. The first kappa shape index (κ1) is 24.5. The SMILES string of the molecule is Cc1cc(Nc2nccc(C(F)(F)F)n2)cc(-c2cnc(C(=O)N3C[C@H](O)C[C@]3(C)C(=O)O)s2)c1. The Morgan fingerprint density at radius 3 is 2.69 bits per heavy atom. The molecule has 2 atom stereocenters. The maximum Gasteiger partial charge on any atom is 0.433 e. The molecule has 13 heteroatoms. The fourth-order valence-electron chi connectivity index (χ4n) is 3.88. The standard InChI is InChI=1S/C22H20F3N5O4S/c1-11-5-12(7-13(6-11)28-20-26-4-3-16(29-20)22(23,24)25)15-9-27-17(35-15)18(32)30-10-14(31)8-21(30,2)19(33)34/h3-7,9,14,31H,8,10H2,1-2H3,(H,33,34)(H,26,28,29)/t14-,21-/m1/s1. The van der Waals surface area contributed by atoms with E-state index in [1.54, 1.807) is 25.1 Å². The molecule has 0 saturated carbocycles. The first-order valence-electron chi connectivity index (χ1n) is 10.4. The zero-order valence-electron chi connectivity index (χ0n) is 18.5. The predicted octanol–water partition coefficient (Wildman–Crippen LogP) is 3.72. The van der Waals surface area contributed by atoms with Crippen LogP contribution >= 0.6 is 11.3 Å². The number of aliphatic carboxylic acids is 1. The highest BCUT2D eigenvalue weighted by Gasteiger charge is 2.50. The topological polar surface area (TPSA) is 129 Å². The summed E-state index contributed by atoms with van der Waals surface area (Å²) < 4.78 is 38.8. The lowest BCUT2D eigenvalue weighted by Crippen LogP contribution is -2.50. The van der Waals surface area contributed by atoms with Crippen LogP contribution < -0.4 is 5.32 Å². The minimum absolute atomic E-state index is 0.0544. The van der Waals surface area contributed by atoms with Crippen LogP contribution in [0.5, 0.6) is 0 Å². The van der Waals surface area contributed by atoms with Crippen LogP contribution in [0.25, 0.3) is 10.4 Å². The lowest BCUT2D eigenvalue weighted by Gasteiger charge is -2.29. The van der Waals surface area contributed by atoms with Gasteiger partial charge in [-0.2, -0.15) is 13.2 Å². The highest BCUT2D eigenvalue weighted by molar-refractivity contribution is 7.17. The molecule has 1 amide bonds. The summed E-state index contributed by atoms with van der Waals surface area (Å²) in [6, 6.07) is 5.93. The van der Waals surface area contributed by atoms with Gasteiger partial charge in [0.2, 0.25) is 5.95 Å². The van der Waals surface area contributed by atoms with Crippen molar-refractivity contribution in [3.05, 3.63) is 52.9 Å². The molecule has 1 fully saturated rings. The van der Waals surface area contributed by atoms with E-state index in [1.807, 2.05) is 0 Å². The quantitative estimate of drug-likeness (QED) is 0.477. The van der Waals surface area contributed by atoms with Crippen molar-refractivity contribution in [2.75, 3.05) is 11.9 Å². The van der Waals surface area contributed by atoms with Crippen molar-refractivity contribution in [3.8, 4) is 10.4 Å². The molecule has 184 valence electrons. The van der Waals surface area contributed by atoms with Crippen LogP contribution in [0.4, 0.5) is 24.8 Å². The third kappa shape index (κ3) is 4.95. The number of likely N-dealkylation sites (tertiary alicyclic amines) is 1. The van der Waals surface area contributed by atoms with Crippen LogP contribution in [-0.2, 0) is 11.0 Å². The number of carbonyl (C=O) groups excluding carboxylic acids is 1. The summed E-state index contributed by atoms with van der Waals surface area (Å²) >= 11 is 1.04. The van der Waals surface area contributed by atoms with E-state index < -0.39 is 35.4 Å². The Bertz CT molecular complexity index is 1300. The van der Waals surface area contributed by atoms with Gasteiger partial charge in [-0.1, -0.05) is 6.07 Å². The minimum atomic E-state index is -4.61. The van der Waals surface area contributed by atoms with Crippen molar-refractivity contribution in [2.24, 2.45) is 0 Å². The Kier molecular flexibility index (Phi) is 6.23. The van der Waals surface area contributed by atoms with Gasteiger partial charge in [0.15, 0.2) is 5.01 Å². The van der Waals surface area contributed by atoms with E-state index in [9.17, 15) is 33.0 Å². The van der Waals surface area contributed by atoms with Gasteiger partial charge in [-0.05, 0) is 43.2 Å². The molecule has 3 heterocycles. The summed E-state index contributed by atoms with van der Waals surface area (Å²) in [4.78, 5) is 37.9. The second-order valence-corrected chi connectivity index (χ2v) is 9.39. The maximum absolute atomic E-state index is 13.0. The molecule has 0 bridgehead atoms. The van der Waals surface area contributed by atoms with Crippen LogP contribution in [0.1, 0.15) is 34.4 Å². The molecule has 0 unspecified atom stereocenters. The first-order valence-corrected chi connectivity index (χ1v) is 11.2. The summed E-state index contributed by atoms with van der Waals surface area (Å²) in [5.41, 5.74) is -0.776. The number of aliphatic hydroxyl groups is 1. The molecule has 1 aliphatic heterocycles. The van der Waals surface area contributed by atoms with Gasteiger partial charge >= 0.3 is 12.1 Å².